The fourth-order valence-electron chi connectivity index (χ4n) is 2.41. The molecule has 0 saturated heterocycles. The van der Waals surface area contributed by atoms with Gasteiger partial charge in [-0.05, 0) is 55.3 Å². The van der Waals surface area contributed by atoms with Gasteiger partial charge >= 0.3 is 5.97 Å². The Bertz CT molecular complexity index is 962. The Balaban J connectivity index is 1.74. The first kappa shape index (κ1) is 23.7. The van der Waals surface area contributed by atoms with Crippen LogP contribution in [0.15, 0.2) is 53.4 Å². The SMILES string of the molecule is COc1ccc(CCNC(=O)COC(=O)C(C)NS(=O)(=O)c2ccc(Cl)cc2)cc1. The highest BCUT2D eigenvalue weighted by molar-refractivity contribution is 7.89. The smallest absolute Gasteiger partial charge is 0.324 e. The Labute approximate surface area is 180 Å². The summed E-state index contributed by atoms with van der Waals surface area (Å²) in [5, 5.41) is 3.02. The number of nitrogens with one attached hydrogen (secondary N) is 2. The number of amides is 1. The van der Waals surface area contributed by atoms with Crippen molar-refractivity contribution in [3.63, 3.8) is 0 Å². The number of ether oxygens (including phenoxy) is 2. The molecule has 30 heavy (non-hydrogen) atoms. The van der Waals surface area contributed by atoms with Gasteiger partial charge in [-0.3, -0.25) is 9.59 Å². The molecule has 2 aromatic carbocycles. The summed E-state index contributed by atoms with van der Waals surface area (Å²) in [6, 6.07) is 11.7. The molecule has 0 aliphatic carbocycles. The van der Waals surface area contributed by atoms with Crippen molar-refractivity contribution in [2.24, 2.45) is 0 Å². The van der Waals surface area contributed by atoms with Gasteiger partial charge in [0, 0.05) is 11.6 Å². The number of hydrogen-bond acceptors (Lipinski definition) is 6. The predicted molar refractivity (Wildman–Crippen MR) is 112 cm³/mol. The Morgan fingerprint density at radius 2 is 1.70 bits per heavy atom. The van der Waals surface area contributed by atoms with Crippen LogP contribution in [0.2, 0.25) is 5.02 Å². The molecule has 0 heterocycles. The molecule has 0 aliphatic heterocycles. The standard InChI is InChI=1S/C20H23ClN2O6S/c1-14(23-30(26,27)18-9-5-16(21)6-10-18)20(25)29-13-19(24)22-12-11-15-3-7-17(28-2)8-4-15/h3-10,14,23H,11-13H2,1-2H3,(H,22,24). The third-order valence-electron chi connectivity index (χ3n) is 4.05. The quantitative estimate of drug-likeness (QED) is 0.530. The van der Waals surface area contributed by atoms with Crippen LogP contribution < -0.4 is 14.8 Å². The lowest BCUT2D eigenvalue weighted by Gasteiger charge is -2.14. The van der Waals surface area contributed by atoms with Crippen LogP contribution in [-0.4, -0.2) is 46.6 Å². The number of carbonyl (C=O) groups excluding carboxylic acids is 2. The largest absolute Gasteiger partial charge is 0.497 e. The van der Waals surface area contributed by atoms with Crippen molar-refractivity contribution in [3.05, 3.63) is 59.1 Å². The maximum atomic E-state index is 12.3. The van der Waals surface area contributed by atoms with Crippen LogP contribution >= 0.6 is 11.6 Å². The normalized spacial score (nSPS) is 12.1. The molecule has 0 saturated carbocycles. The topological polar surface area (TPSA) is 111 Å². The van der Waals surface area contributed by atoms with E-state index in [1.807, 2.05) is 24.3 Å². The molecule has 0 radical (unpaired) electrons. The molecule has 10 heteroatoms. The van der Waals surface area contributed by atoms with Crippen LogP contribution in [0.25, 0.3) is 0 Å². The highest BCUT2D eigenvalue weighted by Gasteiger charge is 2.23. The Hall–Kier alpha value is -2.62. The van der Waals surface area contributed by atoms with Gasteiger partial charge in [0.1, 0.15) is 11.8 Å². The minimum Gasteiger partial charge on any atom is -0.497 e. The van der Waals surface area contributed by atoms with Gasteiger partial charge in [-0.25, -0.2) is 8.42 Å². The molecule has 0 aromatic heterocycles. The predicted octanol–water partition coefficient (Wildman–Crippen LogP) is 1.92. The average Bonchev–Trinajstić information content (AvgIpc) is 2.72. The molecule has 0 aliphatic rings. The summed E-state index contributed by atoms with van der Waals surface area (Å²) in [5.74, 6) is -0.599. The van der Waals surface area contributed by atoms with Gasteiger partial charge in [0.25, 0.3) is 5.91 Å². The molecule has 0 fully saturated rings. The van der Waals surface area contributed by atoms with Crippen molar-refractivity contribution in [1.29, 1.82) is 0 Å². The first-order valence-electron chi connectivity index (χ1n) is 9.05. The van der Waals surface area contributed by atoms with E-state index in [1.165, 1.54) is 31.2 Å². The van der Waals surface area contributed by atoms with E-state index in [2.05, 4.69) is 10.0 Å². The highest BCUT2D eigenvalue weighted by Crippen LogP contribution is 2.14. The van der Waals surface area contributed by atoms with E-state index < -0.39 is 34.5 Å². The molecule has 0 bridgehead atoms. The number of halogens is 1. The van der Waals surface area contributed by atoms with Gasteiger partial charge in [-0.1, -0.05) is 23.7 Å². The molecule has 0 spiro atoms. The average molecular weight is 455 g/mol. The molecular formula is C20H23ClN2O6S. The molecule has 1 amide bonds. The summed E-state index contributed by atoms with van der Waals surface area (Å²) in [4.78, 5) is 23.8. The first-order chi connectivity index (χ1) is 14.2. The van der Waals surface area contributed by atoms with Gasteiger partial charge in [0.05, 0.1) is 12.0 Å². The van der Waals surface area contributed by atoms with Crippen molar-refractivity contribution in [2.45, 2.75) is 24.3 Å². The van der Waals surface area contributed by atoms with Crippen LogP contribution in [0.5, 0.6) is 5.75 Å². The van der Waals surface area contributed by atoms with E-state index in [-0.39, 0.29) is 4.90 Å². The third kappa shape index (κ3) is 7.33. The maximum absolute atomic E-state index is 12.3. The van der Waals surface area contributed by atoms with Crippen LogP contribution in [0, 0.1) is 0 Å². The van der Waals surface area contributed by atoms with E-state index in [1.54, 1.807) is 7.11 Å². The minimum atomic E-state index is -3.93. The van der Waals surface area contributed by atoms with Gasteiger partial charge in [0.2, 0.25) is 10.0 Å². The third-order valence-corrected chi connectivity index (χ3v) is 5.86. The summed E-state index contributed by atoms with van der Waals surface area (Å²) in [5.41, 5.74) is 1.01. The van der Waals surface area contributed by atoms with Crippen molar-refractivity contribution >= 4 is 33.5 Å². The Morgan fingerprint density at radius 3 is 2.30 bits per heavy atom. The Morgan fingerprint density at radius 1 is 1.07 bits per heavy atom. The number of benzene rings is 2. The van der Waals surface area contributed by atoms with Crippen molar-refractivity contribution in [2.75, 3.05) is 20.3 Å². The second-order valence-corrected chi connectivity index (χ2v) is 8.50. The molecule has 2 rings (SSSR count). The molecule has 1 unspecified atom stereocenters. The minimum absolute atomic E-state index is 0.0391. The number of hydrogen-bond donors (Lipinski definition) is 2. The van der Waals surface area contributed by atoms with Crippen molar-refractivity contribution < 1.29 is 27.5 Å². The van der Waals surface area contributed by atoms with Crippen molar-refractivity contribution in [3.8, 4) is 5.75 Å². The molecule has 8 nitrogen and oxygen atoms in total. The number of methoxy groups -OCH3 is 1. The number of carbonyl (C=O) groups is 2. The zero-order chi connectivity index (χ0) is 22.1. The molecule has 1 atom stereocenters. The maximum Gasteiger partial charge on any atom is 0.324 e. The summed E-state index contributed by atoms with van der Waals surface area (Å²) in [7, 11) is -2.35. The van der Waals surface area contributed by atoms with Gasteiger partial charge in [0.15, 0.2) is 6.61 Å². The van der Waals surface area contributed by atoms with E-state index in [0.717, 1.165) is 11.3 Å². The lowest BCUT2D eigenvalue weighted by Crippen LogP contribution is -2.41. The second kappa shape index (κ2) is 11.0. The molecule has 2 N–H and O–H groups in total. The second-order valence-electron chi connectivity index (χ2n) is 6.35. The number of sulfonamides is 1. The van der Waals surface area contributed by atoms with E-state index in [4.69, 9.17) is 21.1 Å². The van der Waals surface area contributed by atoms with Gasteiger partial charge in [-0.2, -0.15) is 4.72 Å². The molecular weight excluding hydrogens is 432 g/mol. The van der Waals surface area contributed by atoms with Crippen LogP contribution in [0.3, 0.4) is 0 Å². The zero-order valence-electron chi connectivity index (χ0n) is 16.6. The van der Waals surface area contributed by atoms with Crippen LogP contribution in [-0.2, 0) is 30.8 Å². The fraction of sp³-hybridized carbons (Fsp3) is 0.300. The van der Waals surface area contributed by atoms with Gasteiger partial charge in [-0.15, -0.1) is 0 Å². The summed E-state index contributed by atoms with van der Waals surface area (Å²) >= 11 is 5.74. The molecule has 2 aromatic rings. The summed E-state index contributed by atoms with van der Waals surface area (Å²) in [6.45, 7) is 1.19. The van der Waals surface area contributed by atoms with E-state index >= 15 is 0 Å². The lowest BCUT2D eigenvalue weighted by atomic mass is 10.1. The van der Waals surface area contributed by atoms with E-state index in [9.17, 15) is 18.0 Å². The Kier molecular flexibility index (Phi) is 8.64. The number of rotatable bonds is 10. The van der Waals surface area contributed by atoms with Crippen LogP contribution in [0.1, 0.15) is 12.5 Å². The summed E-state index contributed by atoms with van der Waals surface area (Å²) in [6.07, 6.45) is 0.598. The fourth-order valence-corrected chi connectivity index (χ4v) is 3.73. The monoisotopic (exact) mass is 454 g/mol. The zero-order valence-corrected chi connectivity index (χ0v) is 18.1. The van der Waals surface area contributed by atoms with E-state index in [0.29, 0.717) is 18.0 Å². The number of esters is 1. The highest BCUT2D eigenvalue weighted by atomic mass is 35.5. The van der Waals surface area contributed by atoms with Gasteiger partial charge < -0.3 is 14.8 Å². The molecule has 162 valence electrons. The summed E-state index contributed by atoms with van der Waals surface area (Å²) < 4.78 is 36.7. The van der Waals surface area contributed by atoms with Crippen LogP contribution in [0.4, 0.5) is 0 Å². The first-order valence-corrected chi connectivity index (χ1v) is 10.9. The van der Waals surface area contributed by atoms with Crippen molar-refractivity contribution in [1.82, 2.24) is 10.0 Å². The lowest BCUT2D eigenvalue weighted by molar-refractivity contribution is -0.149.